The highest BCUT2D eigenvalue weighted by Gasteiger charge is 2.13. The van der Waals surface area contributed by atoms with Crippen molar-refractivity contribution in [2.75, 3.05) is 28.2 Å². The van der Waals surface area contributed by atoms with Crippen molar-refractivity contribution in [1.82, 2.24) is 4.90 Å². The Kier molecular flexibility index (Phi) is 5.90. The topological polar surface area (TPSA) is 16.9 Å². The summed E-state index contributed by atoms with van der Waals surface area (Å²) in [6.45, 7) is 0. The second-order valence-corrected chi connectivity index (χ2v) is 6.16. The molecule has 2 aromatic rings. The molecule has 1 N–H and O–H groups in total. The summed E-state index contributed by atoms with van der Waals surface area (Å²) in [5.74, 6) is 1.64. The van der Waals surface area contributed by atoms with Crippen LogP contribution in [0.15, 0.2) is 60.8 Å². The van der Waals surface area contributed by atoms with Crippen molar-refractivity contribution in [3.05, 3.63) is 66.4 Å². The molecule has 2 aromatic carbocycles. The molecule has 0 bridgehead atoms. The van der Waals surface area contributed by atoms with Crippen LogP contribution in [0.4, 0.5) is 0 Å². The number of ether oxygens (including phenoxy) is 1. The van der Waals surface area contributed by atoms with Gasteiger partial charge in [0.25, 0.3) is 0 Å². The maximum absolute atomic E-state index is 5.83. The molecule has 0 fully saturated rings. The monoisotopic (exact) mass is 327 g/mol. The van der Waals surface area contributed by atoms with Gasteiger partial charge in [0.05, 0.1) is 19.7 Å². The number of nitrogens with zero attached hydrogens (tertiary/aromatic N) is 1. The lowest BCUT2D eigenvalue weighted by Gasteiger charge is -2.17. The molecule has 0 radical (unpaired) electrons. The number of hydrogen-bond donors (Lipinski definition) is 1. The zero-order valence-electron chi connectivity index (χ0n) is 14.0. The molecule has 0 atom stereocenters. The highest BCUT2D eigenvalue weighted by Crippen LogP contribution is 2.24. The number of para-hydroxylation sites is 1. The molecule has 0 spiro atoms. The predicted molar refractivity (Wildman–Crippen MR) is 100 cm³/mol. The Morgan fingerprint density at radius 1 is 0.957 bits per heavy atom. The zero-order chi connectivity index (χ0) is 16.8. The van der Waals surface area contributed by atoms with Crippen molar-refractivity contribution >= 4 is 22.8 Å². The van der Waals surface area contributed by atoms with Crippen molar-refractivity contribution < 1.29 is 9.64 Å². The summed E-state index contributed by atoms with van der Waals surface area (Å²) in [4.78, 5) is 4.00. The third-order valence-electron chi connectivity index (χ3n) is 3.21. The minimum Gasteiger partial charge on any atom is -0.457 e. The Labute approximate surface area is 143 Å². The van der Waals surface area contributed by atoms with Gasteiger partial charge in [-0.25, -0.2) is 0 Å². The van der Waals surface area contributed by atoms with Crippen LogP contribution in [0.25, 0.3) is 5.57 Å². The number of rotatable bonds is 5. The van der Waals surface area contributed by atoms with Gasteiger partial charge >= 0.3 is 0 Å². The van der Waals surface area contributed by atoms with Gasteiger partial charge < -0.3 is 14.5 Å². The minimum atomic E-state index is 0.812. The maximum Gasteiger partial charge on any atom is 0.127 e. The summed E-state index contributed by atoms with van der Waals surface area (Å²) >= 11 is 5.55. The molecule has 4 heteroatoms. The second kappa shape index (κ2) is 7.90. The first kappa shape index (κ1) is 17.2. The van der Waals surface area contributed by atoms with Crippen LogP contribution in [0.5, 0.6) is 11.5 Å². The van der Waals surface area contributed by atoms with E-state index < -0.39 is 0 Å². The third kappa shape index (κ3) is 4.91. The van der Waals surface area contributed by atoms with Crippen LogP contribution in [0.2, 0.25) is 0 Å². The molecule has 0 saturated carbocycles. The van der Waals surface area contributed by atoms with Crippen molar-refractivity contribution in [2.24, 2.45) is 0 Å². The highest BCUT2D eigenvalue weighted by atomic mass is 32.1. The van der Waals surface area contributed by atoms with Gasteiger partial charge in [-0.15, -0.1) is 0 Å². The number of quaternary nitrogens is 1. The number of likely N-dealkylation sites (N-methyl/N-ethyl adjacent to an activating group) is 1. The van der Waals surface area contributed by atoms with Gasteiger partial charge in [-0.2, -0.15) is 0 Å². The van der Waals surface area contributed by atoms with Gasteiger partial charge in [0.1, 0.15) is 22.7 Å². The molecule has 2 rings (SSSR count). The molecule has 3 nitrogen and oxygen atoms in total. The first-order chi connectivity index (χ1) is 11.0. The van der Waals surface area contributed by atoms with Crippen LogP contribution < -0.4 is 9.64 Å². The smallest absolute Gasteiger partial charge is 0.127 e. The molecular formula is C19H23N2OS+. The van der Waals surface area contributed by atoms with E-state index in [2.05, 4.69) is 20.3 Å². The van der Waals surface area contributed by atoms with Gasteiger partial charge in [-0.1, -0.05) is 42.5 Å². The van der Waals surface area contributed by atoms with Crippen LogP contribution in [-0.4, -0.2) is 38.1 Å². The summed E-state index contributed by atoms with van der Waals surface area (Å²) in [6, 6.07) is 17.8. The molecule has 0 heterocycles. The standard InChI is InChI=1S/C19H22N2OS/c1-20(2)14-18(19(23)21(3)4)15-10-12-17(13-11-15)22-16-8-6-5-7-9-16/h5-14H,1-4H3/p+1/b18-14+. The third-order valence-corrected chi connectivity index (χ3v) is 3.80. The highest BCUT2D eigenvalue weighted by molar-refractivity contribution is 7.81. The lowest BCUT2D eigenvalue weighted by molar-refractivity contribution is -0.800. The molecule has 0 aliphatic heterocycles. The average molecular weight is 327 g/mol. The van der Waals surface area contributed by atoms with E-state index in [1.165, 1.54) is 4.90 Å². The van der Waals surface area contributed by atoms with Crippen LogP contribution in [0, 0.1) is 0 Å². The van der Waals surface area contributed by atoms with Crippen LogP contribution in [-0.2, 0) is 0 Å². The normalized spacial score (nSPS) is 11.4. The number of benzene rings is 2. The number of thiocarbonyl (C=S) groups is 1. The van der Waals surface area contributed by atoms with E-state index >= 15 is 0 Å². The van der Waals surface area contributed by atoms with Crippen molar-refractivity contribution in [3.63, 3.8) is 0 Å². The van der Waals surface area contributed by atoms with Crippen LogP contribution in [0.3, 0.4) is 0 Å². The van der Waals surface area contributed by atoms with Crippen LogP contribution in [0.1, 0.15) is 5.56 Å². The molecule has 0 amide bonds. The molecule has 0 aliphatic carbocycles. The van der Waals surface area contributed by atoms with Gasteiger partial charge in [-0.05, 0) is 29.8 Å². The Balaban J connectivity index is 2.24. The van der Waals surface area contributed by atoms with Crippen LogP contribution >= 0.6 is 12.2 Å². The molecular weight excluding hydrogens is 304 g/mol. The van der Waals surface area contributed by atoms with E-state index in [0.717, 1.165) is 27.6 Å². The molecule has 23 heavy (non-hydrogen) atoms. The van der Waals surface area contributed by atoms with E-state index in [1.807, 2.05) is 73.6 Å². The van der Waals surface area contributed by atoms with Crippen molar-refractivity contribution in [3.8, 4) is 11.5 Å². The van der Waals surface area contributed by atoms with Gasteiger partial charge in [0, 0.05) is 14.1 Å². The molecule has 0 aliphatic rings. The SMILES string of the molecule is CN(C)C(=S)/C(=C/[NH+](C)C)c1ccc(Oc2ccccc2)cc1. The van der Waals surface area contributed by atoms with Gasteiger partial charge in [0.2, 0.25) is 0 Å². The largest absolute Gasteiger partial charge is 0.457 e. The minimum absolute atomic E-state index is 0.812. The summed E-state index contributed by atoms with van der Waals surface area (Å²) in [5, 5.41) is 0. The first-order valence-corrected chi connectivity index (χ1v) is 7.95. The summed E-state index contributed by atoms with van der Waals surface area (Å²) in [7, 11) is 8.08. The fraction of sp³-hybridized carbons (Fsp3) is 0.211. The van der Waals surface area contributed by atoms with E-state index in [0.29, 0.717) is 0 Å². The Bertz CT molecular complexity index is 676. The van der Waals surface area contributed by atoms with Crippen molar-refractivity contribution in [1.29, 1.82) is 0 Å². The second-order valence-electron chi connectivity index (χ2n) is 5.77. The first-order valence-electron chi connectivity index (χ1n) is 7.54. The Morgan fingerprint density at radius 3 is 2.04 bits per heavy atom. The van der Waals surface area contributed by atoms with E-state index in [9.17, 15) is 0 Å². The molecule has 0 saturated heterocycles. The molecule has 0 unspecified atom stereocenters. The lowest BCUT2D eigenvalue weighted by atomic mass is 10.1. The fourth-order valence-electron chi connectivity index (χ4n) is 2.13. The van der Waals surface area contributed by atoms with E-state index in [1.54, 1.807) is 0 Å². The van der Waals surface area contributed by atoms with Gasteiger partial charge in [-0.3, -0.25) is 0 Å². The quantitative estimate of drug-likeness (QED) is 0.672. The molecule has 0 aromatic heterocycles. The number of hydrogen-bond acceptors (Lipinski definition) is 2. The summed E-state index contributed by atoms with van der Waals surface area (Å²) in [6.07, 6.45) is 2.12. The lowest BCUT2D eigenvalue weighted by Crippen LogP contribution is -3.00. The summed E-state index contributed by atoms with van der Waals surface area (Å²) in [5.41, 5.74) is 2.14. The van der Waals surface area contributed by atoms with Crippen molar-refractivity contribution in [2.45, 2.75) is 0 Å². The maximum atomic E-state index is 5.83. The number of nitrogens with one attached hydrogen (secondary N) is 1. The molecule has 120 valence electrons. The zero-order valence-corrected chi connectivity index (χ0v) is 14.9. The van der Waals surface area contributed by atoms with E-state index in [4.69, 9.17) is 17.0 Å². The average Bonchev–Trinajstić information content (AvgIpc) is 2.53. The van der Waals surface area contributed by atoms with Gasteiger partial charge in [0.15, 0.2) is 0 Å². The van der Waals surface area contributed by atoms with E-state index in [-0.39, 0.29) is 0 Å². The summed E-state index contributed by atoms with van der Waals surface area (Å²) < 4.78 is 5.83. The Hall–Kier alpha value is -2.17. The Morgan fingerprint density at radius 2 is 1.52 bits per heavy atom. The predicted octanol–water partition coefficient (Wildman–Crippen LogP) is 2.85. The fourth-order valence-corrected chi connectivity index (χ4v) is 2.30.